The molecule has 8 unspecified atom stereocenters. The summed E-state index contributed by atoms with van der Waals surface area (Å²) in [5, 5.41) is 2.49. The monoisotopic (exact) mass is 532 g/mol. The summed E-state index contributed by atoms with van der Waals surface area (Å²) in [7, 11) is -4.00. The molecule has 0 bridgehead atoms. The van der Waals surface area contributed by atoms with E-state index >= 15 is 0 Å². The molecule has 0 spiro atoms. The molecule has 4 rings (SSSR count). The van der Waals surface area contributed by atoms with Gasteiger partial charge in [0, 0.05) is 11.8 Å². The maximum atomic E-state index is 6.69. The third-order valence-corrected chi connectivity index (χ3v) is 18.5. The lowest BCUT2D eigenvalue weighted by Crippen LogP contribution is -2.45. The molecule has 0 aromatic carbocycles. The summed E-state index contributed by atoms with van der Waals surface area (Å²) in [6.07, 6.45) is 9.58. The van der Waals surface area contributed by atoms with E-state index in [0.717, 1.165) is 34.8 Å². The Bertz CT molecular complexity index is 944. The summed E-state index contributed by atoms with van der Waals surface area (Å²) >= 11 is 0. The Morgan fingerprint density at radius 3 is 1.54 bits per heavy atom. The number of rotatable bonds is 6. The molecule has 198 valence electrons. The zero-order valence-electron chi connectivity index (χ0n) is 24.6. The van der Waals surface area contributed by atoms with Gasteiger partial charge in [0.05, 0.1) is 13.5 Å². The highest BCUT2D eigenvalue weighted by Crippen LogP contribution is 2.64. The van der Waals surface area contributed by atoms with Crippen molar-refractivity contribution in [3.63, 3.8) is 0 Å². The van der Waals surface area contributed by atoms with Gasteiger partial charge >= 0.3 is 0 Å². The van der Waals surface area contributed by atoms with Gasteiger partial charge in [-0.25, -0.2) is 0 Å². The highest BCUT2D eigenvalue weighted by molar-refractivity contribution is 8.32. The van der Waals surface area contributed by atoms with Gasteiger partial charge in [-0.1, -0.05) is 60.4 Å². The van der Waals surface area contributed by atoms with Crippen LogP contribution in [0.2, 0.25) is 43.8 Å². The van der Waals surface area contributed by atoms with E-state index in [1.807, 2.05) is 0 Å². The molecule has 8 atom stereocenters. The molecule has 35 heavy (non-hydrogen) atoms. The minimum atomic E-state index is -1.71. The molecule has 2 nitrogen and oxygen atoms in total. The molecule has 2 aromatic heterocycles. The average Bonchev–Trinajstić information content (AvgIpc) is 3.48. The topological polar surface area (TPSA) is 26.3 Å². The number of hydrogen-bond acceptors (Lipinski definition) is 2. The SMILES string of the molecule is CC1CC(c2ccc([Si](C)(C)C)o2)C([Si](C)(C)C2C(c3ccc(S(C)(C)C)o3)CC(C)C2C)C1C. The number of furan rings is 2. The lowest BCUT2D eigenvalue weighted by atomic mass is 10.00. The van der Waals surface area contributed by atoms with Crippen LogP contribution < -0.4 is 5.38 Å². The fourth-order valence-electron chi connectivity index (χ4n) is 7.98. The summed E-state index contributed by atoms with van der Waals surface area (Å²) in [4.78, 5) is 0. The maximum Gasteiger partial charge on any atom is 0.142 e. The largest absolute Gasteiger partial charge is 0.471 e. The van der Waals surface area contributed by atoms with Crippen LogP contribution in [0.25, 0.3) is 0 Å². The van der Waals surface area contributed by atoms with Crippen molar-refractivity contribution < 1.29 is 8.83 Å². The Morgan fingerprint density at radius 2 is 1.14 bits per heavy atom. The van der Waals surface area contributed by atoms with Crippen molar-refractivity contribution in [1.29, 1.82) is 0 Å². The Labute approximate surface area is 219 Å². The van der Waals surface area contributed by atoms with Gasteiger partial charge in [-0.2, -0.15) is 10.0 Å². The third-order valence-electron chi connectivity index (χ3n) is 10.1. The van der Waals surface area contributed by atoms with E-state index in [-0.39, 0.29) is 0 Å². The van der Waals surface area contributed by atoms with Crippen LogP contribution in [0.15, 0.2) is 38.2 Å². The second kappa shape index (κ2) is 9.27. The Kier molecular flexibility index (Phi) is 7.25. The first kappa shape index (κ1) is 27.4. The standard InChI is InChI=1S/C30H52O2SSi2/c1-19-17-23(25-13-15-27(31-25)33(5,6)7)29(21(19)3)35(11,12)30-22(4)20(2)18-24(30)26-14-16-28(32-26)34(8,9)10/h13-16,19-24,29-30H,17-18H2,1-12H3. The van der Waals surface area contributed by atoms with Crippen molar-refractivity contribution in [3.05, 3.63) is 35.8 Å². The zero-order chi connectivity index (χ0) is 26.1. The summed E-state index contributed by atoms with van der Waals surface area (Å²) < 4.78 is 13.3. The molecule has 2 aromatic rings. The highest BCUT2D eigenvalue weighted by Gasteiger charge is 2.57. The molecule has 0 radical (unpaired) electrons. The predicted molar refractivity (Wildman–Crippen MR) is 160 cm³/mol. The van der Waals surface area contributed by atoms with Gasteiger partial charge < -0.3 is 8.83 Å². The minimum absolute atomic E-state index is 0.565. The van der Waals surface area contributed by atoms with Crippen LogP contribution in [0.1, 0.15) is 63.9 Å². The maximum absolute atomic E-state index is 6.69. The van der Waals surface area contributed by atoms with Crippen LogP contribution in [0.3, 0.4) is 0 Å². The summed E-state index contributed by atoms with van der Waals surface area (Å²) in [5.41, 5.74) is 1.50. The van der Waals surface area contributed by atoms with Crippen LogP contribution >= 0.6 is 10.0 Å². The van der Waals surface area contributed by atoms with E-state index in [9.17, 15) is 0 Å². The average molecular weight is 533 g/mol. The zero-order valence-corrected chi connectivity index (χ0v) is 27.4. The lowest BCUT2D eigenvalue weighted by molar-refractivity contribution is 0.388. The van der Waals surface area contributed by atoms with E-state index < -0.39 is 26.2 Å². The summed E-state index contributed by atoms with van der Waals surface area (Å²) in [5.74, 6) is 6.70. The molecule has 2 heterocycles. The van der Waals surface area contributed by atoms with Gasteiger partial charge in [0.25, 0.3) is 0 Å². The molecule has 2 aliphatic rings. The van der Waals surface area contributed by atoms with Crippen LogP contribution in [0.4, 0.5) is 0 Å². The fourth-order valence-corrected chi connectivity index (χ4v) is 16.3. The van der Waals surface area contributed by atoms with E-state index in [0.29, 0.717) is 11.8 Å². The van der Waals surface area contributed by atoms with E-state index in [1.54, 1.807) is 0 Å². The highest BCUT2D eigenvalue weighted by atomic mass is 32.3. The first-order valence-corrected chi connectivity index (χ1v) is 23.4. The Morgan fingerprint density at radius 1 is 0.686 bits per heavy atom. The molecule has 0 amide bonds. The second-order valence-electron chi connectivity index (χ2n) is 14.7. The van der Waals surface area contributed by atoms with Crippen LogP contribution in [0, 0.1) is 23.7 Å². The van der Waals surface area contributed by atoms with Crippen molar-refractivity contribution in [1.82, 2.24) is 0 Å². The third kappa shape index (κ3) is 4.95. The molecule has 0 N–H and O–H groups in total. The fraction of sp³-hybridized carbons (Fsp3) is 0.733. The van der Waals surface area contributed by atoms with Gasteiger partial charge in [-0.3, -0.25) is 0 Å². The van der Waals surface area contributed by atoms with Gasteiger partial charge in [0.1, 0.15) is 24.7 Å². The predicted octanol–water partition coefficient (Wildman–Crippen LogP) is 9.14. The van der Waals surface area contributed by atoms with Crippen molar-refractivity contribution >= 4 is 31.6 Å². The van der Waals surface area contributed by atoms with Crippen molar-refractivity contribution in [2.45, 2.75) is 101 Å². The molecular weight excluding hydrogens is 481 g/mol. The molecule has 5 heteroatoms. The van der Waals surface area contributed by atoms with Gasteiger partial charge in [-0.05, 0) is 90.6 Å². The van der Waals surface area contributed by atoms with E-state index in [2.05, 4.69) is 103 Å². The molecule has 0 saturated heterocycles. The van der Waals surface area contributed by atoms with E-state index in [4.69, 9.17) is 8.83 Å². The van der Waals surface area contributed by atoms with Gasteiger partial charge in [0.15, 0.2) is 0 Å². The van der Waals surface area contributed by atoms with Crippen LogP contribution in [0.5, 0.6) is 0 Å². The number of hydrogen-bond donors (Lipinski definition) is 0. The first-order valence-electron chi connectivity index (χ1n) is 13.9. The van der Waals surface area contributed by atoms with Crippen molar-refractivity contribution in [2.24, 2.45) is 23.7 Å². The Balaban J connectivity index is 1.72. The van der Waals surface area contributed by atoms with Gasteiger partial charge in [0.2, 0.25) is 0 Å². The molecular formula is C30H52O2SSi2. The molecule has 2 fully saturated rings. The van der Waals surface area contributed by atoms with Crippen molar-refractivity contribution in [2.75, 3.05) is 18.8 Å². The molecule has 2 saturated carbocycles. The minimum Gasteiger partial charge on any atom is -0.471 e. The second-order valence-corrected chi connectivity index (χ2v) is 28.7. The van der Waals surface area contributed by atoms with Crippen LogP contribution in [-0.2, 0) is 0 Å². The van der Waals surface area contributed by atoms with Crippen LogP contribution in [-0.4, -0.2) is 34.9 Å². The first-order chi connectivity index (χ1) is 16.0. The molecule has 0 aliphatic heterocycles. The molecule has 2 aliphatic carbocycles. The lowest BCUT2D eigenvalue weighted by Gasteiger charge is -2.45. The Hall–Kier alpha value is -0.656. The summed E-state index contributed by atoms with van der Waals surface area (Å²) in [6, 6.07) is 9.28. The quantitative estimate of drug-likeness (QED) is 0.347. The summed E-state index contributed by atoms with van der Waals surface area (Å²) in [6.45, 7) is 22.7. The van der Waals surface area contributed by atoms with E-state index in [1.165, 1.54) is 34.8 Å². The normalized spacial score (nSPS) is 35.1. The van der Waals surface area contributed by atoms with Gasteiger partial charge in [-0.15, -0.1) is 0 Å². The smallest absolute Gasteiger partial charge is 0.142 e. The van der Waals surface area contributed by atoms with Crippen molar-refractivity contribution in [3.8, 4) is 0 Å².